The van der Waals surface area contributed by atoms with Crippen LogP contribution in [0.2, 0.25) is 5.02 Å². The highest BCUT2D eigenvalue weighted by Crippen LogP contribution is 2.34. The van der Waals surface area contributed by atoms with Crippen LogP contribution in [0, 0.1) is 0 Å². The fourth-order valence-corrected chi connectivity index (χ4v) is 2.27. The molecule has 0 aliphatic heterocycles. The summed E-state index contributed by atoms with van der Waals surface area (Å²) in [6.07, 6.45) is 2.47. The molecule has 0 aliphatic rings. The van der Waals surface area contributed by atoms with Gasteiger partial charge in [-0.1, -0.05) is 34.5 Å². The molecule has 0 fully saturated rings. The molecule has 0 bridgehead atoms. The van der Waals surface area contributed by atoms with Crippen molar-refractivity contribution in [3.63, 3.8) is 0 Å². The van der Waals surface area contributed by atoms with E-state index in [1.165, 1.54) is 6.33 Å². The third kappa shape index (κ3) is 3.98. The summed E-state index contributed by atoms with van der Waals surface area (Å²) in [5.41, 5.74) is 0.740. The van der Waals surface area contributed by atoms with Gasteiger partial charge in [-0.3, -0.25) is 0 Å². The number of nitrogens with one attached hydrogen (secondary N) is 2. The van der Waals surface area contributed by atoms with E-state index in [0.717, 1.165) is 23.1 Å². The second kappa shape index (κ2) is 7.47. The van der Waals surface area contributed by atoms with Crippen molar-refractivity contribution in [3.05, 3.63) is 34.0 Å². The normalized spacial score (nSPS) is 10.3. The number of ether oxygens (including phenoxy) is 1. The molecule has 5 nitrogen and oxygen atoms in total. The monoisotopic (exact) mass is 370 g/mol. The van der Waals surface area contributed by atoms with E-state index >= 15 is 0 Å². The zero-order valence-electron chi connectivity index (χ0n) is 11.8. The lowest BCUT2D eigenvalue weighted by Crippen LogP contribution is -2.07. The molecule has 0 spiro atoms. The number of halogens is 2. The highest BCUT2D eigenvalue weighted by molar-refractivity contribution is 9.10. The lowest BCUT2D eigenvalue weighted by atomic mass is 10.3. The fraction of sp³-hybridized carbons (Fsp3) is 0.286. The fourth-order valence-electron chi connectivity index (χ4n) is 1.75. The summed E-state index contributed by atoms with van der Waals surface area (Å²) in [5, 5.41) is 6.98. The third-order valence-electron chi connectivity index (χ3n) is 2.73. The van der Waals surface area contributed by atoms with Crippen LogP contribution in [0.1, 0.15) is 13.3 Å². The van der Waals surface area contributed by atoms with Crippen molar-refractivity contribution in [2.75, 3.05) is 24.3 Å². The van der Waals surface area contributed by atoms with E-state index in [1.807, 2.05) is 12.1 Å². The number of benzene rings is 1. The van der Waals surface area contributed by atoms with Gasteiger partial charge in [-0.25, -0.2) is 9.97 Å². The van der Waals surface area contributed by atoms with E-state index in [-0.39, 0.29) is 0 Å². The first-order valence-corrected chi connectivity index (χ1v) is 7.67. The Bertz CT molecular complexity index is 624. The van der Waals surface area contributed by atoms with E-state index in [4.69, 9.17) is 16.3 Å². The van der Waals surface area contributed by atoms with Gasteiger partial charge < -0.3 is 15.4 Å². The minimum Gasteiger partial charge on any atom is -0.490 e. The van der Waals surface area contributed by atoms with Crippen molar-refractivity contribution in [1.29, 1.82) is 0 Å². The number of methoxy groups -OCH3 is 1. The molecule has 1 heterocycles. The number of nitrogens with zero attached hydrogens (tertiary/aromatic N) is 2. The Morgan fingerprint density at radius 1 is 1.29 bits per heavy atom. The van der Waals surface area contributed by atoms with E-state index in [1.54, 1.807) is 13.2 Å². The van der Waals surface area contributed by atoms with Gasteiger partial charge in [0.15, 0.2) is 11.6 Å². The Morgan fingerprint density at radius 3 is 2.76 bits per heavy atom. The van der Waals surface area contributed by atoms with Crippen molar-refractivity contribution in [2.45, 2.75) is 13.3 Å². The Labute approximate surface area is 137 Å². The van der Waals surface area contributed by atoms with Gasteiger partial charge in [0, 0.05) is 11.0 Å². The van der Waals surface area contributed by atoms with E-state index in [0.29, 0.717) is 22.4 Å². The smallest absolute Gasteiger partial charge is 0.204 e. The number of rotatable bonds is 6. The van der Waals surface area contributed by atoms with Crippen LogP contribution in [0.25, 0.3) is 0 Å². The molecular formula is C14H16BrClN4O. The molecule has 0 atom stereocenters. The van der Waals surface area contributed by atoms with Crippen LogP contribution in [0.5, 0.6) is 5.75 Å². The van der Waals surface area contributed by atoms with Crippen LogP contribution in [-0.2, 0) is 0 Å². The average molecular weight is 372 g/mol. The summed E-state index contributed by atoms with van der Waals surface area (Å²) in [7, 11) is 1.59. The topological polar surface area (TPSA) is 59.1 Å². The lowest BCUT2D eigenvalue weighted by molar-refractivity contribution is 0.415. The van der Waals surface area contributed by atoms with Crippen molar-refractivity contribution in [1.82, 2.24) is 9.97 Å². The van der Waals surface area contributed by atoms with Gasteiger partial charge in [0.25, 0.3) is 0 Å². The average Bonchev–Trinajstić information content (AvgIpc) is 2.49. The highest BCUT2D eigenvalue weighted by Gasteiger charge is 2.13. The van der Waals surface area contributed by atoms with Crippen molar-refractivity contribution >= 4 is 44.9 Å². The van der Waals surface area contributed by atoms with Crippen molar-refractivity contribution in [3.8, 4) is 5.75 Å². The molecule has 0 saturated carbocycles. The Balaban J connectivity index is 2.33. The predicted molar refractivity (Wildman–Crippen MR) is 89.8 cm³/mol. The summed E-state index contributed by atoms with van der Waals surface area (Å²) in [4.78, 5) is 8.42. The van der Waals surface area contributed by atoms with E-state index in [2.05, 4.69) is 43.5 Å². The van der Waals surface area contributed by atoms with Crippen LogP contribution >= 0.6 is 27.5 Å². The van der Waals surface area contributed by atoms with E-state index in [9.17, 15) is 0 Å². The van der Waals surface area contributed by atoms with Crippen LogP contribution in [0.4, 0.5) is 17.3 Å². The molecule has 0 saturated heterocycles. The van der Waals surface area contributed by atoms with Gasteiger partial charge in [0.1, 0.15) is 6.33 Å². The van der Waals surface area contributed by atoms with E-state index < -0.39 is 0 Å². The first kappa shape index (κ1) is 15.9. The van der Waals surface area contributed by atoms with Crippen LogP contribution < -0.4 is 15.4 Å². The summed E-state index contributed by atoms with van der Waals surface area (Å²) in [5.74, 6) is 1.77. The second-order valence-corrected chi connectivity index (χ2v) is 5.60. The molecular weight excluding hydrogens is 356 g/mol. The zero-order valence-corrected chi connectivity index (χ0v) is 14.1. The maximum absolute atomic E-state index is 6.18. The molecule has 0 aliphatic carbocycles. The molecule has 0 amide bonds. The summed E-state index contributed by atoms with van der Waals surface area (Å²) >= 11 is 9.60. The molecule has 7 heteroatoms. The lowest BCUT2D eigenvalue weighted by Gasteiger charge is -2.14. The molecule has 21 heavy (non-hydrogen) atoms. The Hall–Kier alpha value is -1.53. The second-order valence-electron chi connectivity index (χ2n) is 4.28. The third-order valence-corrected chi connectivity index (χ3v) is 3.55. The molecule has 2 N–H and O–H groups in total. The first-order valence-electron chi connectivity index (χ1n) is 6.50. The first-order chi connectivity index (χ1) is 10.2. The summed E-state index contributed by atoms with van der Waals surface area (Å²) in [6.45, 7) is 2.89. The molecule has 2 aromatic rings. The predicted octanol–water partition coefficient (Wildman–Crippen LogP) is 4.47. The van der Waals surface area contributed by atoms with Gasteiger partial charge in [-0.15, -0.1) is 0 Å². The van der Waals surface area contributed by atoms with Gasteiger partial charge in [0.2, 0.25) is 5.75 Å². The van der Waals surface area contributed by atoms with Gasteiger partial charge in [-0.05, 0) is 24.6 Å². The van der Waals surface area contributed by atoms with Crippen LogP contribution in [-0.4, -0.2) is 23.6 Å². The largest absolute Gasteiger partial charge is 0.490 e. The Morgan fingerprint density at radius 2 is 2.05 bits per heavy atom. The molecule has 0 radical (unpaired) electrons. The van der Waals surface area contributed by atoms with Crippen LogP contribution in [0.15, 0.2) is 29.0 Å². The van der Waals surface area contributed by atoms with Gasteiger partial charge in [0.05, 0.1) is 17.8 Å². The number of hydrogen-bond donors (Lipinski definition) is 2. The van der Waals surface area contributed by atoms with Crippen molar-refractivity contribution < 1.29 is 4.74 Å². The van der Waals surface area contributed by atoms with Crippen LogP contribution in [0.3, 0.4) is 0 Å². The van der Waals surface area contributed by atoms with Gasteiger partial charge >= 0.3 is 0 Å². The maximum Gasteiger partial charge on any atom is 0.204 e. The molecule has 1 aromatic carbocycles. The maximum atomic E-state index is 6.18. The summed E-state index contributed by atoms with van der Waals surface area (Å²) < 4.78 is 6.33. The minimum atomic E-state index is 0.557. The molecule has 1 aromatic heterocycles. The van der Waals surface area contributed by atoms with Gasteiger partial charge in [-0.2, -0.15) is 0 Å². The minimum absolute atomic E-state index is 0.557. The molecule has 0 unspecified atom stereocenters. The SMILES string of the molecule is CCCNc1ncnc(Nc2cc(Br)ccc2Cl)c1OC. The molecule has 112 valence electrons. The Kier molecular flexibility index (Phi) is 5.64. The standard InChI is InChI=1S/C14H16BrClN4O/c1-3-6-17-13-12(21-2)14(19-8-18-13)20-11-7-9(15)4-5-10(11)16/h4-5,7-8H,3,6H2,1-2H3,(H2,17,18,19,20). The molecule has 2 rings (SSSR count). The summed E-state index contributed by atoms with van der Waals surface area (Å²) in [6, 6.07) is 5.56. The number of aromatic nitrogens is 2. The zero-order chi connectivity index (χ0) is 15.2. The quantitative estimate of drug-likeness (QED) is 0.784. The number of anilines is 3. The number of hydrogen-bond acceptors (Lipinski definition) is 5. The highest BCUT2D eigenvalue weighted by atomic mass is 79.9. The van der Waals surface area contributed by atoms with Crippen molar-refractivity contribution in [2.24, 2.45) is 0 Å².